The highest BCUT2D eigenvalue weighted by Gasteiger charge is 2.22. The molecule has 3 rings (SSSR count). The Morgan fingerprint density at radius 2 is 1.64 bits per heavy atom. The van der Waals surface area contributed by atoms with Crippen molar-refractivity contribution in [2.24, 2.45) is 5.92 Å². The standard InChI is InChI=1S/C21H25NO5S/c1-14(2)20(16-7-10-18-19(13-16)27-12-4-11-26-18)22-21(23)15-5-8-17(9-6-15)28(3,24)25/h5-10,13-14,20H,4,11-12H2,1-3H3,(H,22,23)/t20-/m1/s1. The van der Waals surface area contributed by atoms with Gasteiger partial charge in [-0.05, 0) is 47.9 Å². The summed E-state index contributed by atoms with van der Waals surface area (Å²) in [6, 6.07) is 11.4. The van der Waals surface area contributed by atoms with Crippen molar-refractivity contribution in [2.75, 3.05) is 19.5 Å². The predicted octanol–water partition coefficient (Wildman–Crippen LogP) is 3.38. The largest absolute Gasteiger partial charge is 0.490 e. The summed E-state index contributed by atoms with van der Waals surface area (Å²) in [7, 11) is -3.29. The lowest BCUT2D eigenvalue weighted by Gasteiger charge is -2.24. The summed E-state index contributed by atoms with van der Waals surface area (Å²) in [6.45, 7) is 5.28. The summed E-state index contributed by atoms with van der Waals surface area (Å²) >= 11 is 0. The Morgan fingerprint density at radius 1 is 1.00 bits per heavy atom. The molecule has 1 heterocycles. The number of hydrogen-bond acceptors (Lipinski definition) is 5. The minimum atomic E-state index is -3.29. The maximum atomic E-state index is 12.7. The summed E-state index contributed by atoms with van der Waals surface area (Å²) in [5.41, 5.74) is 1.34. The summed E-state index contributed by atoms with van der Waals surface area (Å²) in [5.74, 6) is 1.29. The predicted molar refractivity (Wildman–Crippen MR) is 107 cm³/mol. The van der Waals surface area contributed by atoms with Crippen molar-refractivity contribution in [3.8, 4) is 11.5 Å². The van der Waals surface area contributed by atoms with Crippen LogP contribution in [0, 0.1) is 5.92 Å². The van der Waals surface area contributed by atoms with Crippen molar-refractivity contribution >= 4 is 15.7 Å². The fraction of sp³-hybridized carbons (Fsp3) is 0.381. The summed E-state index contributed by atoms with van der Waals surface area (Å²) in [5, 5.41) is 3.04. The molecule has 0 aromatic heterocycles. The molecular formula is C21H25NO5S. The molecular weight excluding hydrogens is 378 g/mol. The molecule has 0 unspecified atom stereocenters. The number of benzene rings is 2. The van der Waals surface area contributed by atoms with Gasteiger partial charge in [0.25, 0.3) is 5.91 Å². The molecule has 2 aromatic rings. The molecule has 0 saturated heterocycles. The average molecular weight is 404 g/mol. The number of rotatable bonds is 5. The molecule has 0 spiro atoms. The topological polar surface area (TPSA) is 81.7 Å². The second-order valence-corrected chi connectivity index (χ2v) is 9.26. The highest BCUT2D eigenvalue weighted by Crippen LogP contribution is 2.34. The Labute approximate surface area is 165 Å². The lowest BCUT2D eigenvalue weighted by molar-refractivity contribution is 0.0925. The van der Waals surface area contributed by atoms with Crippen LogP contribution in [0.1, 0.15) is 42.2 Å². The normalized spacial score (nSPS) is 15.0. The van der Waals surface area contributed by atoms with Gasteiger partial charge < -0.3 is 14.8 Å². The lowest BCUT2D eigenvalue weighted by Crippen LogP contribution is -2.31. The molecule has 1 amide bonds. The number of amides is 1. The number of hydrogen-bond donors (Lipinski definition) is 1. The quantitative estimate of drug-likeness (QED) is 0.828. The minimum absolute atomic E-state index is 0.143. The van der Waals surface area contributed by atoms with Crippen molar-refractivity contribution in [3.05, 3.63) is 53.6 Å². The van der Waals surface area contributed by atoms with Gasteiger partial charge in [0.05, 0.1) is 24.2 Å². The lowest BCUT2D eigenvalue weighted by atomic mass is 9.95. The maximum absolute atomic E-state index is 12.7. The summed E-state index contributed by atoms with van der Waals surface area (Å²) < 4.78 is 34.6. The molecule has 6 nitrogen and oxygen atoms in total. The maximum Gasteiger partial charge on any atom is 0.251 e. The van der Waals surface area contributed by atoms with Gasteiger partial charge in [-0.25, -0.2) is 8.42 Å². The monoisotopic (exact) mass is 403 g/mol. The third-order valence-corrected chi connectivity index (χ3v) is 5.76. The second kappa shape index (κ2) is 8.22. The van der Waals surface area contributed by atoms with Gasteiger partial charge >= 0.3 is 0 Å². The van der Waals surface area contributed by atoms with Crippen LogP contribution < -0.4 is 14.8 Å². The van der Waals surface area contributed by atoms with Crippen molar-refractivity contribution in [2.45, 2.75) is 31.2 Å². The van der Waals surface area contributed by atoms with E-state index in [1.54, 1.807) is 0 Å². The fourth-order valence-electron chi connectivity index (χ4n) is 3.09. The van der Waals surface area contributed by atoms with Crippen LogP contribution in [0.5, 0.6) is 11.5 Å². The van der Waals surface area contributed by atoms with E-state index in [4.69, 9.17) is 9.47 Å². The first-order valence-electron chi connectivity index (χ1n) is 9.26. The SMILES string of the molecule is CC(C)[C@@H](NC(=O)c1ccc(S(C)(=O)=O)cc1)c1ccc2c(c1)OCCCO2. The summed E-state index contributed by atoms with van der Waals surface area (Å²) in [4.78, 5) is 12.9. The third kappa shape index (κ3) is 4.65. The van der Waals surface area contributed by atoms with Crippen LogP contribution >= 0.6 is 0 Å². The molecule has 7 heteroatoms. The number of ether oxygens (including phenoxy) is 2. The van der Waals surface area contributed by atoms with Crippen LogP contribution in [-0.2, 0) is 9.84 Å². The van der Waals surface area contributed by atoms with E-state index in [-0.39, 0.29) is 22.8 Å². The molecule has 1 aliphatic heterocycles. The molecule has 0 fully saturated rings. The Kier molecular flexibility index (Phi) is 5.93. The van der Waals surface area contributed by atoms with E-state index in [1.165, 1.54) is 24.3 Å². The van der Waals surface area contributed by atoms with Crippen LogP contribution in [0.2, 0.25) is 0 Å². The van der Waals surface area contributed by atoms with Crippen LogP contribution in [0.15, 0.2) is 47.4 Å². The minimum Gasteiger partial charge on any atom is -0.490 e. The number of sulfone groups is 1. The first kappa shape index (κ1) is 20.2. The smallest absolute Gasteiger partial charge is 0.251 e. The van der Waals surface area contributed by atoms with Gasteiger partial charge in [-0.3, -0.25) is 4.79 Å². The van der Waals surface area contributed by atoms with Gasteiger partial charge in [0.1, 0.15) is 0 Å². The van der Waals surface area contributed by atoms with Crippen molar-refractivity contribution < 1.29 is 22.7 Å². The summed E-state index contributed by atoms with van der Waals surface area (Å²) in [6.07, 6.45) is 1.97. The van der Waals surface area contributed by atoms with E-state index in [1.807, 2.05) is 32.0 Å². The molecule has 0 aliphatic carbocycles. The molecule has 150 valence electrons. The van der Waals surface area contributed by atoms with Crippen LogP contribution in [-0.4, -0.2) is 33.8 Å². The van der Waals surface area contributed by atoms with Crippen molar-refractivity contribution in [1.29, 1.82) is 0 Å². The molecule has 1 atom stereocenters. The molecule has 28 heavy (non-hydrogen) atoms. The molecule has 2 aromatic carbocycles. The second-order valence-electron chi connectivity index (χ2n) is 7.25. The zero-order chi connectivity index (χ0) is 20.3. The highest BCUT2D eigenvalue weighted by molar-refractivity contribution is 7.90. The highest BCUT2D eigenvalue weighted by atomic mass is 32.2. The molecule has 1 N–H and O–H groups in total. The number of carbonyl (C=O) groups is 1. The van der Waals surface area contributed by atoms with Gasteiger partial charge in [0.2, 0.25) is 0 Å². The zero-order valence-electron chi connectivity index (χ0n) is 16.3. The number of nitrogens with one attached hydrogen (secondary N) is 1. The molecule has 0 bridgehead atoms. The van der Waals surface area contributed by atoms with E-state index < -0.39 is 9.84 Å². The Hall–Kier alpha value is -2.54. The van der Waals surface area contributed by atoms with E-state index in [0.717, 1.165) is 18.2 Å². The van der Waals surface area contributed by atoms with Gasteiger partial charge in [-0.15, -0.1) is 0 Å². The molecule has 0 radical (unpaired) electrons. The van der Waals surface area contributed by atoms with Gasteiger partial charge in [-0.2, -0.15) is 0 Å². The van der Waals surface area contributed by atoms with Gasteiger partial charge in [0.15, 0.2) is 21.3 Å². The van der Waals surface area contributed by atoms with E-state index >= 15 is 0 Å². The molecule has 1 aliphatic rings. The first-order valence-corrected chi connectivity index (χ1v) is 11.2. The van der Waals surface area contributed by atoms with Crippen LogP contribution in [0.3, 0.4) is 0 Å². The van der Waals surface area contributed by atoms with Crippen molar-refractivity contribution in [3.63, 3.8) is 0 Å². The van der Waals surface area contributed by atoms with E-state index in [2.05, 4.69) is 5.32 Å². The van der Waals surface area contributed by atoms with Crippen LogP contribution in [0.25, 0.3) is 0 Å². The van der Waals surface area contributed by atoms with Gasteiger partial charge in [-0.1, -0.05) is 19.9 Å². The average Bonchev–Trinajstić information content (AvgIpc) is 2.89. The van der Waals surface area contributed by atoms with Gasteiger partial charge in [0, 0.05) is 18.2 Å². The number of carbonyl (C=O) groups excluding carboxylic acids is 1. The fourth-order valence-corrected chi connectivity index (χ4v) is 3.72. The van der Waals surface area contributed by atoms with E-state index in [9.17, 15) is 13.2 Å². The first-order chi connectivity index (χ1) is 13.3. The van der Waals surface area contributed by atoms with E-state index in [0.29, 0.717) is 30.3 Å². The number of fused-ring (bicyclic) bond motifs is 1. The van der Waals surface area contributed by atoms with Crippen LogP contribution in [0.4, 0.5) is 0 Å². The zero-order valence-corrected chi connectivity index (χ0v) is 17.1. The Morgan fingerprint density at radius 3 is 2.25 bits per heavy atom. The third-order valence-electron chi connectivity index (χ3n) is 4.63. The molecule has 0 saturated carbocycles. The Balaban J connectivity index is 1.81. The Bertz CT molecular complexity index is 951. The van der Waals surface area contributed by atoms with Crippen molar-refractivity contribution in [1.82, 2.24) is 5.32 Å².